The van der Waals surface area contributed by atoms with Crippen molar-refractivity contribution in [1.29, 1.82) is 0 Å². The number of nitrogens with one attached hydrogen (secondary N) is 2. The van der Waals surface area contributed by atoms with E-state index < -0.39 is 0 Å². The topological polar surface area (TPSA) is 89.7 Å². The number of carbonyl (C=O) groups excluding carboxylic acids is 1. The third-order valence-electron chi connectivity index (χ3n) is 5.15. The molecule has 3 heterocycles. The third-order valence-corrected chi connectivity index (χ3v) is 5.15. The first-order valence-electron chi connectivity index (χ1n) is 9.66. The van der Waals surface area contributed by atoms with Crippen LogP contribution >= 0.6 is 0 Å². The van der Waals surface area contributed by atoms with Gasteiger partial charge in [0.1, 0.15) is 0 Å². The van der Waals surface area contributed by atoms with Gasteiger partial charge in [-0.15, -0.1) is 5.10 Å². The summed E-state index contributed by atoms with van der Waals surface area (Å²) >= 11 is 0. The number of aromatic nitrogens is 5. The molecule has 1 aliphatic heterocycles. The summed E-state index contributed by atoms with van der Waals surface area (Å²) in [5, 5.41) is 18.9. The number of hydrogen-bond acceptors (Lipinski definition) is 5. The number of hydrogen-bond donors (Lipinski definition) is 2. The average Bonchev–Trinajstić information content (AvgIpc) is 3.37. The fourth-order valence-corrected chi connectivity index (χ4v) is 3.63. The van der Waals surface area contributed by atoms with Crippen LogP contribution in [0.4, 0.5) is 0 Å². The molecule has 3 aromatic rings. The van der Waals surface area contributed by atoms with Gasteiger partial charge < -0.3 is 10.6 Å². The predicted octanol–water partition coefficient (Wildman–Crippen LogP) is 1.69. The van der Waals surface area contributed by atoms with E-state index in [9.17, 15) is 4.79 Å². The first-order chi connectivity index (χ1) is 13.7. The lowest BCUT2D eigenvalue weighted by Crippen LogP contribution is -2.30. The maximum Gasteiger partial charge on any atom is 0.274 e. The van der Waals surface area contributed by atoms with Crippen molar-refractivity contribution in [1.82, 2.24) is 35.4 Å². The molecule has 0 spiro atoms. The Bertz CT molecular complexity index is 926. The van der Waals surface area contributed by atoms with Crippen molar-refractivity contribution < 1.29 is 4.79 Å². The molecule has 0 saturated carbocycles. The van der Waals surface area contributed by atoms with Gasteiger partial charge in [-0.2, -0.15) is 5.10 Å². The highest BCUT2D eigenvalue weighted by Crippen LogP contribution is 2.20. The number of benzene rings is 1. The van der Waals surface area contributed by atoms with Gasteiger partial charge in [0, 0.05) is 18.9 Å². The van der Waals surface area contributed by atoms with Crippen molar-refractivity contribution in [3.05, 3.63) is 65.2 Å². The Labute approximate surface area is 163 Å². The van der Waals surface area contributed by atoms with Crippen LogP contribution in [0.1, 0.15) is 46.2 Å². The van der Waals surface area contributed by atoms with Crippen LogP contribution in [0.25, 0.3) is 0 Å². The summed E-state index contributed by atoms with van der Waals surface area (Å²) in [5.74, 6) is -0.185. The summed E-state index contributed by atoms with van der Waals surface area (Å²) in [6, 6.07) is 10.4. The van der Waals surface area contributed by atoms with Crippen LogP contribution in [0.15, 0.2) is 42.7 Å². The second kappa shape index (κ2) is 8.35. The van der Waals surface area contributed by atoms with E-state index in [4.69, 9.17) is 0 Å². The monoisotopic (exact) mass is 379 g/mol. The molecule has 8 nitrogen and oxygen atoms in total. The Morgan fingerprint density at radius 1 is 1.25 bits per heavy atom. The van der Waals surface area contributed by atoms with Crippen molar-refractivity contribution in [3.63, 3.8) is 0 Å². The van der Waals surface area contributed by atoms with Crippen LogP contribution in [0, 0.1) is 6.92 Å². The highest BCUT2D eigenvalue weighted by atomic mass is 16.2. The number of nitrogens with zero attached hydrogens (tertiary/aromatic N) is 5. The van der Waals surface area contributed by atoms with E-state index in [1.807, 2.05) is 40.7 Å². The zero-order chi connectivity index (χ0) is 19.3. The maximum atomic E-state index is 12.6. The largest absolute Gasteiger partial charge is 0.347 e. The molecule has 8 heteroatoms. The van der Waals surface area contributed by atoms with Crippen molar-refractivity contribution >= 4 is 5.91 Å². The standard InChI is InChI=1S/C20H25N7O/c1-15-19(24-25-27(15)18-6-9-21-10-7-18)20(28)22-13-16-4-2-5-17(12-16)14-26-11-3-8-23-26/h2-5,8,11-12,18,21H,6-7,9-10,13-14H2,1H3,(H,22,28). The molecule has 1 aromatic carbocycles. The fraction of sp³-hybridized carbons (Fsp3) is 0.400. The zero-order valence-corrected chi connectivity index (χ0v) is 16.0. The van der Waals surface area contributed by atoms with Crippen molar-refractivity contribution in [2.45, 2.75) is 38.9 Å². The van der Waals surface area contributed by atoms with Gasteiger partial charge in [-0.05, 0) is 50.0 Å². The third kappa shape index (κ3) is 4.12. The van der Waals surface area contributed by atoms with Crippen LogP contribution in [-0.4, -0.2) is 43.8 Å². The van der Waals surface area contributed by atoms with Gasteiger partial charge in [-0.1, -0.05) is 29.5 Å². The minimum atomic E-state index is -0.185. The second-order valence-corrected chi connectivity index (χ2v) is 7.16. The Morgan fingerprint density at radius 3 is 2.86 bits per heavy atom. The molecular formula is C20H25N7O. The molecular weight excluding hydrogens is 354 g/mol. The molecule has 2 N–H and O–H groups in total. The number of carbonyl (C=O) groups is 1. The molecule has 0 radical (unpaired) electrons. The summed E-state index contributed by atoms with van der Waals surface area (Å²) in [5.41, 5.74) is 3.42. The van der Waals surface area contributed by atoms with Gasteiger partial charge in [0.05, 0.1) is 18.3 Å². The average molecular weight is 379 g/mol. The summed E-state index contributed by atoms with van der Waals surface area (Å²) < 4.78 is 3.78. The highest BCUT2D eigenvalue weighted by Gasteiger charge is 2.22. The maximum absolute atomic E-state index is 12.6. The molecule has 1 saturated heterocycles. The highest BCUT2D eigenvalue weighted by molar-refractivity contribution is 5.93. The minimum Gasteiger partial charge on any atom is -0.347 e. The molecule has 1 fully saturated rings. The normalized spacial score (nSPS) is 14.9. The Kier molecular flexibility index (Phi) is 5.48. The molecule has 0 aliphatic carbocycles. The van der Waals surface area contributed by atoms with Gasteiger partial charge in [0.15, 0.2) is 5.69 Å². The fourth-order valence-electron chi connectivity index (χ4n) is 3.63. The van der Waals surface area contributed by atoms with Gasteiger partial charge >= 0.3 is 0 Å². The smallest absolute Gasteiger partial charge is 0.274 e. The lowest BCUT2D eigenvalue weighted by molar-refractivity contribution is 0.0945. The van der Waals surface area contributed by atoms with E-state index in [1.54, 1.807) is 6.20 Å². The van der Waals surface area contributed by atoms with Crippen molar-refractivity contribution in [2.75, 3.05) is 13.1 Å². The van der Waals surface area contributed by atoms with E-state index in [2.05, 4.69) is 38.2 Å². The van der Waals surface area contributed by atoms with Crippen LogP contribution in [0.3, 0.4) is 0 Å². The number of rotatable bonds is 6. The Morgan fingerprint density at radius 2 is 2.07 bits per heavy atom. The van der Waals surface area contributed by atoms with E-state index in [-0.39, 0.29) is 5.91 Å². The second-order valence-electron chi connectivity index (χ2n) is 7.16. The Hall–Kier alpha value is -3.00. The quantitative estimate of drug-likeness (QED) is 0.680. The lowest BCUT2D eigenvalue weighted by Gasteiger charge is -2.23. The first-order valence-corrected chi connectivity index (χ1v) is 9.66. The molecule has 1 amide bonds. The predicted molar refractivity (Wildman–Crippen MR) is 105 cm³/mol. The lowest BCUT2D eigenvalue weighted by atomic mass is 10.1. The van der Waals surface area contributed by atoms with E-state index in [0.717, 1.165) is 42.8 Å². The van der Waals surface area contributed by atoms with Crippen molar-refractivity contribution in [3.8, 4) is 0 Å². The zero-order valence-electron chi connectivity index (χ0n) is 16.0. The molecule has 1 aliphatic rings. The summed E-state index contributed by atoms with van der Waals surface area (Å²) in [4.78, 5) is 12.6. The number of piperidine rings is 1. The van der Waals surface area contributed by atoms with Crippen LogP contribution in [0.2, 0.25) is 0 Å². The van der Waals surface area contributed by atoms with E-state index in [0.29, 0.717) is 24.8 Å². The van der Waals surface area contributed by atoms with Crippen LogP contribution in [-0.2, 0) is 13.1 Å². The first kappa shape index (κ1) is 18.4. The molecule has 0 bridgehead atoms. The molecule has 0 unspecified atom stereocenters. The summed E-state index contributed by atoms with van der Waals surface area (Å²) in [6.45, 7) is 5.02. The van der Waals surface area contributed by atoms with E-state index >= 15 is 0 Å². The van der Waals surface area contributed by atoms with Gasteiger partial charge in [-0.3, -0.25) is 9.48 Å². The SMILES string of the molecule is Cc1c(C(=O)NCc2cccc(Cn3cccn3)c2)nnn1C1CCNCC1. The van der Waals surface area contributed by atoms with Crippen LogP contribution < -0.4 is 10.6 Å². The summed E-state index contributed by atoms with van der Waals surface area (Å²) in [6.07, 6.45) is 5.72. The molecule has 0 atom stereocenters. The summed E-state index contributed by atoms with van der Waals surface area (Å²) in [7, 11) is 0. The van der Waals surface area contributed by atoms with Crippen LogP contribution in [0.5, 0.6) is 0 Å². The van der Waals surface area contributed by atoms with Gasteiger partial charge in [-0.25, -0.2) is 4.68 Å². The molecule has 4 rings (SSSR count). The van der Waals surface area contributed by atoms with E-state index in [1.165, 1.54) is 0 Å². The molecule has 28 heavy (non-hydrogen) atoms. The molecule has 146 valence electrons. The van der Waals surface area contributed by atoms with Gasteiger partial charge in [0.2, 0.25) is 0 Å². The van der Waals surface area contributed by atoms with Crippen molar-refractivity contribution in [2.24, 2.45) is 0 Å². The molecule has 2 aromatic heterocycles. The number of amides is 1. The van der Waals surface area contributed by atoms with Gasteiger partial charge in [0.25, 0.3) is 5.91 Å². The Balaban J connectivity index is 1.39. The minimum absolute atomic E-state index is 0.185.